The minimum absolute atomic E-state index is 0.0575. The van der Waals surface area contributed by atoms with Crippen molar-refractivity contribution in [2.75, 3.05) is 13.4 Å². The molecule has 3 rings (SSSR count). The van der Waals surface area contributed by atoms with Gasteiger partial charge in [-0.25, -0.2) is 18.1 Å². The van der Waals surface area contributed by atoms with Gasteiger partial charge in [0, 0.05) is 22.6 Å². The maximum absolute atomic E-state index is 12.8. The number of aromatic nitrogens is 1. The lowest BCUT2D eigenvalue weighted by atomic mass is 10.0. The van der Waals surface area contributed by atoms with Crippen molar-refractivity contribution in [1.82, 2.24) is 9.71 Å². The smallest absolute Gasteiger partial charge is 0.416 e. The molecule has 0 spiro atoms. The molecular formula is C19H15F3N2O4S. The maximum Gasteiger partial charge on any atom is 0.416 e. The van der Waals surface area contributed by atoms with Crippen molar-refractivity contribution in [2.45, 2.75) is 6.18 Å². The molecule has 1 amide bonds. The molecule has 0 saturated heterocycles. The summed E-state index contributed by atoms with van der Waals surface area (Å²) in [7, 11) is -2.32. The van der Waals surface area contributed by atoms with Crippen molar-refractivity contribution in [3.05, 3.63) is 59.7 Å². The summed E-state index contributed by atoms with van der Waals surface area (Å²) >= 11 is 0. The van der Waals surface area contributed by atoms with Gasteiger partial charge in [-0.2, -0.15) is 13.2 Å². The number of carbonyl (C=O) groups excluding carboxylic acids is 1. The minimum Gasteiger partial charge on any atom is -0.496 e. The Morgan fingerprint density at radius 2 is 1.72 bits per heavy atom. The number of methoxy groups -OCH3 is 1. The summed E-state index contributed by atoms with van der Waals surface area (Å²) in [6, 6.07) is 10.4. The maximum atomic E-state index is 12.8. The summed E-state index contributed by atoms with van der Waals surface area (Å²) in [4.78, 5) is 16.5. The van der Waals surface area contributed by atoms with Gasteiger partial charge in [0.2, 0.25) is 10.0 Å². The van der Waals surface area contributed by atoms with Gasteiger partial charge in [-0.05, 0) is 30.3 Å². The second-order valence-electron chi connectivity index (χ2n) is 6.22. The number of nitrogens with one attached hydrogen (secondary N) is 1. The number of alkyl halides is 3. The van der Waals surface area contributed by atoms with Gasteiger partial charge in [0.1, 0.15) is 5.75 Å². The van der Waals surface area contributed by atoms with E-state index in [0.717, 1.165) is 18.4 Å². The number of halogens is 3. The Bertz CT molecular complexity index is 1190. The third-order valence-corrected chi connectivity index (χ3v) is 4.60. The van der Waals surface area contributed by atoms with Gasteiger partial charge in [-0.1, -0.05) is 12.1 Å². The second kappa shape index (κ2) is 7.36. The quantitative estimate of drug-likeness (QED) is 0.692. The predicted molar refractivity (Wildman–Crippen MR) is 101 cm³/mol. The number of ether oxygens (including phenoxy) is 1. The van der Waals surface area contributed by atoms with Gasteiger partial charge >= 0.3 is 6.18 Å². The number of rotatable bonds is 4. The molecule has 0 unspecified atom stereocenters. The fraction of sp³-hybridized carbons (Fsp3) is 0.158. The molecule has 10 heteroatoms. The summed E-state index contributed by atoms with van der Waals surface area (Å²) in [5.41, 5.74) is 0.351. The minimum atomic E-state index is -4.45. The lowest BCUT2D eigenvalue weighted by molar-refractivity contribution is -0.137. The fourth-order valence-electron chi connectivity index (χ4n) is 2.71. The summed E-state index contributed by atoms with van der Waals surface area (Å²) in [6.45, 7) is 0. The first kappa shape index (κ1) is 20.6. The van der Waals surface area contributed by atoms with Crippen molar-refractivity contribution < 1.29 is 31.1 Å². The van der Waals surface area contributed by atoms with E-state index in [-0.39, 0.29) is 5.56 Å². The zero-order chi connectivity index (χ0) is 21.4. The molecule has 0 radical (unpaired) electrons. The third kappa shape index (κ3) is 4.65. The van der Waals surface area contributed by atoms with Crippen LogP contribution in [-0.4, -0.2) is 32.7 Å². The van der Waals surface area contributed by atoms with Crippen LogP contribution in [0.15, 0.2) is 48.5 Å². The molecule has 6 nitrogen and oxygen atoms in total. The Labute approximate surface area is 164 Å². The lowest BCUT2D eigenvalue weighted by Crippen LogP contribution is -2.29. The number of amides is 1. The number of fused-ring (bicyclic) bond motifs is 1. The van der Waals surface area contributed by atoms with Crippen molar-refractivity contribution in [3.8, 4) is 17.0 Å². The molecule has 0 aliphatic heterocycles. The van der Waals surface area contributed by atoms with Crippen LogP contribution >= 0.6 is 0 Å². The first-order chi connectivity index (χ1) is 13.5. The van der Waals surface area contributed by atoms with E-state index in [4.69, 9.17) is 4.74 Å². The van der Waals surface area contributed by atoms with E-state index in [1.54, 1.807) is 12.1 Å². The van der Waals surface area contributed by atoms with Crippen LogP contribution in [0, 0.1) is 0 Å². The molecule has 29 heavy (non-hydrogen) atoms. The molecule has 0 fully saturated rings. The van der Waals surface area contributed by atoms with Crippen molar-refractivity contribution >= 4 is 26.8 Å². The normalized spacial score (nSPS) is 12.0. The van der Waals surface area contributed by atoms with Crippen molar-refractivity contribution in [3.63, 3.8) is 0 Å². The Morgan fingerprint density at radius 1 is 1.07 bits per heavy atom. The number of hydrogen-bond donors (Lipinski definition) is 1. The first-order valence-corrected chi connectivity index (χ1v) is 10.1. The highest BCUT2D eigenvalue weighted by Gasteiger charge is 2.30. The summed E-state index contributed by atoms with van der Waals surface area (Å²) in [5.74, 6) is -0.421. The molecule has 2 aromatic carbocycles. The standard InChI is InChI=1S/C19H15F3N2O4S/c1-28-17-10-15(11-3-6-13(7-4-11)19(20,21)22)23-16-9-12(5-8-14(16)17)18(25)24-29(2,26)27/h3-10H,1-2H3,(H,24,25). The van der Waals surface area contributed by atoms with Crippen molar-refractivity contribution in [1.29, 1.82) is 0 Å². The van der Waals surface area contributed by atoms with E-state index >= 15 is 0 Å². The fourth-order valence-corrected chi connectivity index (χ4v) is 3.17. The van der Waals surface area contributed by atoms with Crippen LogP contribution in [0.4, 0.5) is 13.2 Å². The summed E-state index contributed by atoms with van der Waals surface area (Å²) < 4.78 is 68.0. The first-order valence-electron chi connectivity index (χ1n) is 8.16. The van der Waals surface area contributed by atoms with Crippen LogP contribution in [0.5, 0.6) is 5.75 Å². The molecule has 3 aromatic rings. The van der Waals surface area contributed by atoms with E-state index in [2.05, 4.69) is 4.98 Å². The van der Waals surface area contributed by atoms with Crippen LogP contribution < -0.4 is 9.46 Å². The third-order valence-electron chi connectivity index (χ3n) is 4.04. The van der Waals surface area contributed by atoms with Crippen LogP contribution in [0.1, 0.15) is 15.9 Å². The largest absolute Gasteiger partial charge is 0.496 e. The zero-order valence-electron chi connectivity index (χ0n) is 15.2. The molecule has 0 saturated carbocycles. The molecule has 0 aliphatic rings. The van der Waals surface area contributed by atoms with Crippen LogP contribution in [-0.2, 0) is 16.2 Å². The van der Waals surface area contributed by atoms with Crippen LogP contribution in [0.25, 0.3) is 22.2 Å². The molecule has 1 N–H and O–H groups in total. The Balaban J connectivity index is 2.08. The van der Waals surface area contributed by atoms with Crippen LogP contribution in [0.2, 0.25) is 0 Å². The topological polar surface area (TPSA) is 85.4 Å². The average Bonchev–Trinajstić information content (AvgIpc) is 2.64. The Kier molecular flexibility index (Phi) is 5.22. The van der Waals surface area contributed by atoms with Gasteiger partial charge in [-0.3, -0.25) is 4.79 Å². The predicted octanol–water partition coefficient (Wildman–Crippen LogP) is 3.62. The van der Waals surface area contributed by atoms with E-state index in [1.165, 1.54) is 31.4 Å². The number of nitrogens with zero attached hydrogens (tertiary/aromatic N) is 1. The van der Waals surface area contributed by atoms with Crippen LogP contribution in [0.3, 0.4) is 0 Å². The summed E-state index contributed by atoms with van der Waals surface area (Å²) in [6.07, 6.45) is -3.59. The monoisotopic (exact) mass is 424 g/mol. The number of sulfonamides is 1. The number of benzene rings is 2. The highest BCUT2D eigenvalue weighted by atomic mass is 32.2. The van der Waals surface area contributed by atoms with Gasteiger partial charge < -0.3 is 4.74 Å². The number of pyridine rings is 1. The molecule has 0 aliphatic carbocycles. The van der Waals surface area contributed by atoms with E-state index in [9.17, 15) is 26.4 Å². The SMILES string of the molecule is COc1cc(-c2ccc(C(F)(F)F)cc2)nc2cc(C(=O)NS(C)(=O)=O)ccc12. The number of hydrogen-bond acceptors (Lipinski definition) is 5. The zero-order valence-corrected chi connectivity index (χ0v) is 16.1. The van der Waals surface area contributed by atoms with E-state index in [0.29, 0.717) is 27.9 Å². The molecule has 152 valence electrons. The summed E-state index contributed by atoms with van der Waals surface area (Å²) in [5, 5.41) is 0.555. The van der Waals surface area contributed by atoms with Gasteiger partial charge in [0.05, 0.1) is 30.1 Å². The van der Waals surface area contributed by atoms with Gasteiger partial charge in [-0.15, -0.1) is 0 Å². The molecule has 1 aromatic heterocycles. The second-order valence-corrected chi connectivity index (χ2v) is 7.97. The molecule has 0 atom stereocenters. The molecule has 1 heterocycles. The molecule has 0 bridgehead atoms. The van der Waals surface area contributed by atoms with Gasteiger partial charge in [0.15, 0.2) is 0 Å². The lowest BCUT2D eigenvalue weighted by Gasteiger charge is -2.11. The highest BCUT2D eigenvalue weighted by Crippen LogP contribution is 2.33. The highest BCUT2D eigenvalue weighted by molar-refractivity contribution is 7.89. The molecular weight excluding hydrogens is 409 g/mol. The van der Waals surface area contributed by atoms with E-state index < -0.39 is 27.7 Å². The van der Waals surface area contributed by atoms with Crippen molar-refractivity contribution in [2.24, 2.45) is 0 Å². The average molecular weight is 424 g/mol. The van der Waals surface area contributed by atoms with Gasteiger partial charge in [0.25, 0.3) is 5.91 Å². The van der Waals surface area contributed by atoms with E-state index in [1.807, 2.05) is 4.72 Å². The Hall–Kier alpha value is -3.14. The number of carbonyl (C=O) groups is 1. The Morgan fingerprint density at radius 3 is 2.28 bits per heavy atom.